The van der Waals surface area contributed by atoms with Crippen molar-refractivity contribution in [3.8, 4) is 11.5 Å². The summed E-state index contributed by atoms with van der Waals surface area (Å²) < 4.78 is 11.8. The quantitative estimate of drug-likeness (QED) is 0.612. The standard InChI is InChI=1S/C15H24N2O2/c1-3-11(4-2)9-12(17-16)15-10-18-13-7-5-6-8-14(13)19-15/h5-8,11-12,15,17H,3-4,9-10,16H2,1-2H3. The number of hydrazine groups is 1. The number of rotatable bonds is 6. The summed E-state index contributed by atoms with van der Waals surface area (Å²) in [6.07, 6.45) is 3.32. The van der Waals surface area contributed by atoms with Gasteiger partial charge >= 0.3 is 0 Å². The molecule has 2 atom stereocenters. The first-order valence-corrected chi connectivity index (χ1v) is 7.13. The molecule has 0 aromatic heterocycles. The van der Waals surface area contributed by atoms with E-state index in [2.05, 4.69) is 19.3 Å². The van der Waals surface area contributed by atoms with Gasteiger partial charge < -0.3 is 9.47 Å². The fourth-order valence-corrected chi connectivity index (χ4v) is 2.54. The zero-order valence-electron chi connectivity index (χ0n) is 11.8. The molecule has 4 nitrogen and oxygen atoms in total. The lowest BCUT2D eigenvalue weighted by molar-refractivity contribution is 0.0540. The first-order valence-electron chi connectivity index (χ1n) is 7.13. The lowest BCUT2D eigenvalue weighted by Crippen LogP contribution is -2.51. The summed E-state index contributed by atoms with van der Waals surface area (Å²) in [6.45, 7) is 4.98. The van der Waals surface area contributed by atoms with Gasteiger partial charge in [0.25, 0.3) is 0 Å². The van der Waals surface area contributed by atoms with Crippen LogP contribution in [0.4, 0.5) is 0 Å². The third-order valence-corrected chi connectivity index (χ3v) is 3.94. The van der Waals surface area contributed by atoms with Gasteiger partial charge in [-0.05, 0) is 24.5 Å². The van der Waals surface area contributed by atoms with E-state index in [0.717, 1.165) is 17.9 Å². The molecule has 3 N–H and O–H groups in total. The molecule has 1 aliphatic rings. The smallest absolute Gasteiger partial charge is 0.161 e. The molecule has 2 rings (SSSR count). The van der Waals surface area contributed by atoms with E-state index >= 15 is 0 Å². The highest BCUT2D eigenvalue weighted by atomic mass is 16.6. The molecule has 106 valence electrons. The van der Waals surface area contributed by atoms with Crippen LogP contribution in [0.2, 0.25) is 0 Å². The summed E-state index contributed by atoms with van der Waals surface area (Å²) >= 11 is 0. The number of benzene rings is 1. The van der Waals surface area contributed by atoms with Crippen molar-refractivity contribution in [2.75, 3.05) is 6.61 Å². The Morgan fingerprint density at radius 3 is 2.58 bits per heavy atom. The lowest BCUT2D eigenvalue weighted by Gasteiger charge is -2.33. The molecule has 0 saturated carbocycles. The first-order chi connectivity index (χ1) is 9.28. The monoisotopic (exact) mass is 264 g/mol. The van der Waals surface area contributed by atoms with Crippen molar-refractivity contribution in [1.29, 1.82) is 0 Å². The predicted octanol–water partition coefficient (Wildman–Crippen LogP) is 2.48. The molecule has 4 heteroatoms. The summed E-state index contributed by atoms with van der Waals surface area (Å²) in [6, 6.07) is 7.89. The van der Waals surface area contributed by atoms with E-state index < -0.39 is 0 Å². The molecule has 0 amide bonds. The van der Waals surface area contributed by atoms with Crippen LogP contribution in [-0.2, 0) is 0 Å². The van der Waals surface area contributed by atoms with Crippen LogP contribution >= 0.6 is 0 Å². The molecule has 0 bridgehead atoms. The maximum Gasteiger partial charge on any atom is 0.161 e. The number of nitrogens with two attached hydrogens (primary N) is 1. The Labute approximate surface area is 115 Å². The molecule has 0 spiro atoms. The summed E-state index contributed by atoms with van der Waals surface area (Å²) in [5.74, 6) is 7.99. The molecule has 1 aromatic carbocycles. The van der Waals surface area contributed by atoms with Gasteiger partial charge in [-0.15, -0.1) is 0 Å². The number of ether oxygens (including phenoxy) is 2. The second-order valence-electron chi connectivity index (χ2n) is 5.11. The van der Waals surface area contributed by atoms with Gasteiger partial charge in [0.15, 0.2) is 11.5 Å². The van der Waals surface area contributed by atoms with Crippen LogP contribution in [0.25, 0.3) is 0 Å². The van der Waals surface area contributed by atoms with Crippen LogP contribution in [0.15, 0.2) is 24.3 Å². The SMILES string of the molecule is CCC(CC)CC(NN)C1COc2ccccc2O1. The van der Waals surface area contributed by atoms with Crippen LogP contribution in [0, 0.1) is 5.92 Å². The Hall–Kier alpha value is -1.26. The number of fused-ring (bicyclic) bond motifs is 1. The second-order valence-corrected chi connectivity index (χ2v) is 5.11. The van der Waals surface area contributed by atoms with E-state index in [0.29, 0.717) is 12.5 Å². The number of hydrogen-bond donors (Lipinski definition) is 2. The van der Waals surface area contributed by atoms with Gasteiger partial charge in [0.1, 0.15) is 12.7 Å². The summed E-state index contributed by atoms with van der Waals surface area (Å²) in [5.41, 5.74) is 2.90. The molecule has 1 aromatic rings. The molecule has 0 radical (unpaired) electrons. The van der Waals surface area contributed by atoms with E-state index in [-0.39, 0.29) is 12.1 Å². The van der Waals surface area contributed by atoms with Crippen molar-refractivity contribution < 1.29 is 9.47 Å². The summed E-state index contributed by atoms with van der Waals surface area (Å²) in [5, 5.41) is 0. The van der Waals surface area contributed by atoms with E-state index in [1.165, 1.54) is 12.8 Å². The predicted molar refractivity (Wildman–Crippen MR) is 76.2 cm³/mol. The van der Waals surface area contributed by atoms with Crippen LogP contribution in [0.5, 0.6) is 11.5 Å². The maximum absolute atomic E-state index is 6.01. The minimum atomic E-state index is -0.0273. The Bertz CT molecular complexity index is 393. The van der Waals surface area contributed by atoms with E-state index in [9.17, 15) is 0 Å². The maximum atomic E-state index is 6.01. The largest absolute Gasteiger partial charge is 0.486 e. The zero-order valence-corrected chi connectivity index (χ0v) is 11.8. The fourth-order valence-electron chi connectivity index (χ4n) is 2.54. The van der Waals surface area contributed by atoms with E-state index in [4.69, 9.17) is 15.3 Å². The third-order valence-electron chi connectivity index (χ3n) is 3.94. The molecule has 1 aliphatic heterocycles. The number of nitrogens with one attached hydrogen (secondary N) is 1. The van der Waals surface area contributed by atoms with Gasteiger partial charge in [-0.1, -0.05) is 38.8 Å². The Balaban J connectivity index is 2.01. The average molecular weight is 264 g/mol. The van der Waals surface area contributed by atoms with Gasteiger partial charge in [-0.2, -0.15) is 0 Å². The Morgan fingerprint density at radius 2 is 1.95 bits per heavy atom. The Morgan fingerprint density at radius 1 is 1.26 bits per heavy atom. The molecular formula is C15H24N2O2. The van der Waals surface area contributed by atoms with E-state index in [1.54, 1.807) is 0 Å². The van der Waals surface area contributed by atoms with Crippen LogP contribution in [0.3, 0.4) is 0 Å². The molecule has 0 aliphatic carbocycles. The molecule has 2 unspecified atom stereocenters. The number of para-hydroxylation sites is 2. The molecule has 0 saturated heterocycles. The van der Waals surface area contributed by atoms with Crippen molar-refractivity contribution in [1.82, 2.24) is 5.43 Å². The molecule has 19 heavy (non-hydrogen) atoms. The van der Waals surface area contributed by atoms with Crippen molar-refractivity contribution in [2.24, 2.45) is 11.8 Å². The normalized spacial score (nSPS) is 19.5. The van der Waals surface area contributed by atoms with Gasteiger partial charge in [0.2, 0.25) is 0 Å². The zero-order chi connectivity index (χ0) is 13.7. The first kappa shape index (κ1) is 14.2. The van der Waals surface area contributed by atoms with Crippen LogP contribution in [-0.4, -0.2) is 18.8 Å². The highest BCUT2D eigenvalue weighted by molar-refractivity contribution is 5.40. The second kappa shape index (κ2) is 6.78. The fraction of sp³-hybridized carbons (Fsp3) is 0.600. The topological polar surface area (TPSA) is 56.5 Å². The highest BCUT2D eigenvalue weighted by Gasteiger charge is 2.29. The lowest BCUT2D eigenvalue weighted by atomic mass is 9.92. The van der Waals surface area contributed by atoms with Crippen molar-refractivity contribution >= 4 is 0 Å². The van der Waals surface area contributed by atoms with Crippen molar-refractivity contribution in [3.63, 3.8) is 0 Å². The minimum Gasteiger partial charge on any atom is -0.486 e. The van der Waals surface area contributed by atoms with Gasteiger partial charge in [0.05, 0.1) is 6.04 Å². The van der Waals surface area contributed by atoms with Gasteiger partial charge in [-0.25, -0.2) is 0 Å². The van der Waals surface area contributed by atoms with E-state index in [1.807, 2.05) is 24.3 Å². The minimum absolute atomic E-state index is 0.0273. The molecule has 1 heterocycles. The third kappa shape index (κ3) is 3.39. The van der Waals surface area contributed by atoms with Crippen molar-refractivity contribution in [3.05, 3.63) is 24.3 Å². The Kier molecular flexibility index (Phi) is 5.05. The summed E-state index contributed by atoms with van der Waals surface area (Å²) in [4.78, 5) is 0. The average Bonchev–Trinajstić information content (AvgIpc) is 2.48. The number of hydrogen-bond acceptors (Lipinski definition) is 4. The van der Waals surface area contributed by atoms with Crippen molar-refractivity contribution in [2.45, 2.75) is 45.3 Å². The van der Waals surface area contributed by atoms with Crippen LogP contribution < -0.4 is 20.7 Å². The van der Waals surface area contributed by atoms with Crippen LogP contribution in [0.1, 0.15) is 33.1 Å². The highest BCUT2D eigenvalue weighted by Crippen LogP contribution is 2.32. The molecular weight excluding hydrogens is 240 g/mol. The summed E-state index contributed by atoms with van der Waals surface area (Å²) in [7, 11) is 0. The van der Waals surface area contributed by atoms with Gasteiger partial charge in [0, 0.05) is 0 Å². The molecule has 0 fully saturated rings. The van der Waals surface area contributed by atoms with Gasteiger partial charge in [-0.3, -0.25) is 11.3 Å².